The van der Waals surface area contributed by atoms with Gasteiger partial charge in [0.05, 0.1) is 29.1 Å². The van der Waals surface area contributed by atoms with Crippen molar-refractivity contribution < 1.29 is 4.79 Å². The van der Waals surface area contributed by atoms with Crippen LogP contribution in [0.15, 0.2) is 58.6 Å². The minimum absolute atomic E-state index is 0.0851. The van der Waals surface area contributed by atoms with Crippen LogP contribution in [0.5, 0.6) is 0 Å². The van der Waals surface area contributed by atoms with Crippen LogP contribution >= 0.6 is 34.7 Å². The summed E-state index contributed by atoms with van der Waals surface area (Å²) in [5.41, 5.74) is 2.54. The maximum absolute atomic E-state index is 13.7. The fourth-order valence-electron chi connectivity index (χ4n) is 3.97. The molecule has 0 atom stereocenters. The number of hydrogen-bond acceptors (Lipinski definition) is 6. The lowest BCUT2D eigenvalue weighted by molar-refractivity contribution is -0.118. The number of aromatic nitrogens is 3. The molecule has 0 spiro atoms. The number of fused-ring (bicyclic) bond motifs is 3. The van der Waals surface area contributed by atoms with Gasteiger partial charge >= 0.3 is 0 Å². The second kappa shape index (κ2) is 9.67. The van der Waals surface area contributed by atoms with E-state index in [4.69, 9.17) is 16.6 Å². The molecule has 5 rings (SSSR count). The third-order valence-electron chi connectivity index (χ3n) is 5.57. The topological polar surface area (TPSA) is 76.9 Å². The van der Waals surface area contributed by atoms with Crippen molar-refractivity contribution in [2.45, 2.75) is 37.4 Å². The molecule has 1 aromatic carbocycles. The fourth-order valence-corrected chi connectivity index (χ4v) is 6.25. The molecule has 1 N–H and O–H groups in total. The molecular formula is C24H21ClN4O2S2. The van der Waals surface area contributed by atoms with Crippen molar-refractivity contribution in [1.82, 2.24) is 19.9 Å². The molecule has 1 amide bonds. The molecule has 0 saturated carbocycles. The van der Waals surface area contributed by atoms with Gasteiger partial charge in [0.15, 0.2) is 5.16 Å². The summed E-state index contributed by atoms with van der Waals surface area (Å²) in [6, 6.07) is 12.7. The number of nitrogens with zero attached hydrogens (tertiary/aromatic N) is 3. The molecular weight excluding hydrogens is 476 g/mol. The number of benzene rings is 1. The van der Waals surface area contributed by atoms with Gasteiger partial charge in [-0.25, -0.2) is 4.98 Å². The number of hydrogen-bond donors (Lipinski definition) is 1. The number of pyridine rings is 1. The first-order valence-electron chi connectivity index (χ1n) is 10.7. The average Bonchev–Trinajstić information content (AvgIpc) is 3.21. The number of amides is 1. The van der Waals surface area contributed by atoms with Crippen LogP contribution in [0.4, 0.5) is 0 Å². The van der Waals surface area contributed by atoms with Gasteiger partial charge in [-0.15, -0.1) is 11.3 Å². The van der Waals surface area contributed by atoms with Crippen molar-refractivity contribution in [3.05, 3.63) is 80.2 Å². The summed E-state index contributed by atoms with van der Waals surface area (Å²) in [5.74, 6) is -0.00293. The molecule has 0 bridgehead atoms. The molecule has 1 aliphatic carbocycles. The minimum atomic E-state index is -0.145. The summed E-state index contributed by atoms with van der Waals surface area (Å²) in [6.45, 7) is 0.355. The van der Waals surface area contributed by atoms with Gasteiger partial charge < -0.3 is 5.32 Å². The van der Waals surface area contributed by atoms with E-state index >= 15 is 0 Å². The Hall–Kier alpha value is -2.68. The normalized spacial score (nSPS) is 13.1. The first-order chi connectivity index (χ1) is 16.1. The van der Waals surface area contributed by atoms with Crippen molar-refractivity contribution in [2.24, 2.45) is 0 Å². The average molecular weight is 497 g/mol. The van der Waals surface area contributed by atoms with Crippen LogP contribution in [0.1, 0.15) is 29.0 Å². The van der Waals surface area contributed by atoms with Gasteiger partial charge in [-0.05, 0) is 67.6 Å². The Morgan fingerprint density at radius 3 is 2.76 bits per heavy atom. The number of halogens is 1. The zero-order chi connectivity index (χ0) is 22.8. The van der Waals surface area contributed by atoms with E-state index in [0.717, 1.165) is 41.8 Å². The summed E-state index contributed by atoms with van der Waals surface area (Å²) in [5, 5.41) is 4.69. The summed E-state index contributed by atoms with van der Waals surface area (Å²) in [4.78, 5) is 37.3. The van der Waals surface area contributed by atoms with Gasteiger partial charge in [-0.1, -0.05) is 29.4 Å². The fraction of sp³-hybridized carbons (Fsp3) is 0.250. The quantitative estimate of drug-likeness (QED) is 0.307. The molecule has 1 aliphatic rings. The number of nitrogens with one attached hydrogen (secondary N) is 1. The lowest BCUT2D eigenvalue weighted by Crippen LogP contribution is -2.26. The first-order valence-corrected chi connectivity index (χ1v) is 12.9. The summed E-state index contributed by atoms with van der Waals surface area (Å²) in [6.07, 6.45) is 5.83. The Labute approximate surface area is 204 Å². The van der Waals surface area contributed by atoms with Crippen molar-refractivity contribution >= 4 is 50.8 Å². The molecule has 0 saturated heterocycles. The van der Waals surface area contributed by atoms with E-state index in [0.29, 0.717) is 27.8 Å². The van der Waals surface area contributed by atoms with Gasteiger partial charge in [0.2, 0.25) is 5.91 Å². The largest absolute Gasteiger partial charge is 0.350 e. The molecule has 4 aromatic rings. The predicted octanol–water partition coefficient (Wildman–Crippen LogP) is 4.78. The van der Waals surface area contributed by atoms with Gasteiger partial charge in [-0.3, -0.25) is 19.1 Å². The van der Waals surface area contributed by atoms with Crippen LogP contribution in [0, 0.1) is 0 Å². The van der Waals surface area contributed by atoms with Crippen LogP contribution in [-0.2, 0) is 24.2 Å². The zero-order valence-corrected chi connectivity index (χ0v) is 20.1. The van der Waals surface area contributed by atoms with E-state index in [1.807, 2.05) is 18.2 Å². The Kier molecular flexibility index (Phi) is 6.48. The highest BCUT2D eigenvalue weighted by Gasteiger charge is 2.23. The molecule has 0 unspecified atom stereocenters. The third-order valence-corrected chi connectivity index (χ3v) is 7.94. The third kappa shape index (κ3) is 4.69. The van der Waals surface area contributed by atoms with Crippen LogP contribution in [-0.4, -0.2) is 26.2 Å². The maximum Gasteiger partial charge on any atom is 0.267 e. The van der Waals surface area contributed by atoms with Gasteiger partial charge in [0.1, 0.15) is 4.83 Å². The Morgan fingerprint density at radius 1 is 1.15 bits per heavy atom. The highest BCUT2D eigenvalue weighted by atomic mass is 35.5. The van der Waals surface area contributed by atoms with Gasteiger partial charge in [0, 0.05) is 16.1 Å². The van der Waals surface area contributed by atoms with Crippen LogP contribution in [0.3, 0.4) is 0 Å². The van der Waals surface area contributed by atoms with Gasteiger partial charge in [-0.2, -0.15) is 0 Å². The lowest BCUT2D eigenvalue weighted by atomic mass is 9.97. The van der Waals surface area contributed by atoms with Crippen molar-refractivity contribution in [3.8, 4) is 5.69 Å². The summed E-state index contributed by atoms with van der Waals surface area (Å²) < 4.78 is 1.61. The standard InChI is InChI=1S/C24H21ClN4O2S2/c25-15-8-10-17(11-9-15)29-23(31)21-18-6-1-2-7-19(18)33-22(21)28-24(29)32-14-20(30)27-13-16-5-3-4-12-26-16/h3-5,8-12H,1-2,6-7,13-14H2,(H,27,30). The number of thiophene rings is 1. The molecule has 3 aromatic heterocycles. The smallest absolute Gasteiger partial charge is 0.267 e. The molecule has 0 aliphatic heterocycles. The Balaban J connectivity index is 1.47. The molecule has 33 heavy (non-hydrogen) atoms. The highest BCUT2D eigenvalue weighted by molar-refractivity contribution is 7.99. The van der Waals surface area contributed by atoms with Crippen LogP contribution in [0.2, 0.25) is 5.02 Å². The van der Waals surface area contributed by atoms with Crippen molar-refractivity contribution in [3.63, 3.8) is 0 Å². The van der Waals surface area contributed by atoms with Crippen LogP contribution < -0.4 is 10.9 Å². The number of carbonyl (C=O) groups is 1. The lowest BCUT2D eigenvalue weighted by Gasteiger charge is -2.14. The van der Waals surface area contributed by atoms with E-state index in [-0.39, 0.29) is 17.2 Å². The molecule has 0 radical (unpaired) electrons. The van der Waals surface area contributed by atoms with Crippen molar-refractivity contribution in [1.29, 1.82) is 0 Å². The number of rotatable bonds is 6. The van der Waals surface area contributed by atoms with Crippen molar-refractivity contribution in [2.75, 3.05) is 5.75 Å². The van der Waals surface area contributed by atoms with E-state index in [9.17, 15) is 9.59 Å². The Bertz CT molecular complexity index is 1370. The molecule has 3 heterocycles. The van der Waals surface area contributed by atoms with Gasteiger partial charge in [0.25, 0.3) is 5.56 Å². The predicted molar refractivity (Wildman–Crippen MR) is 134 cm³/mol. The maximum atomic E-state index is 13.7. The van der Waals surface area contributed by atoms with E-state index in [2.05, 4.69) is 10.3 Å². The molecule has 0 fully saturated rings. The minimum Gasteiger partial charge on any atom is -0.350 e. The summed E-state index contributed by atoms with van der Waals surface area (Å²) in [7, 11) is 0. The second-order valence-electron chi connectivity index (χ2n) is 7.79. The van der Waals surface area contributed by atoms with E-state index in [1.54, 1.807) is 46.4 Å². The van der Waals surface area contributed by atoms with Crippen LogP contribution in [0.25, 0.3) is 15.9 Å². The number of thioether (sulfide) groups is 1. The summed E-state index contributed by atoms with van der Waals surface area (Å²) >= 11 is 8.94. The SMILES string of the molecule is O=C(CSc1nc2sc3c(c2c(=O)n1-c1ccc(Cl)cc1)CCCC3)NCc1ccccn1. The molecule has 6 nitrogen and oxygen atoms in total. The Morgan fingerprint density at radius 2 is 1.97 bits per heavy atom. The van der Waals surface area contributed by atoms with E-state index in [1.165, 1.54) is 16.6 Å². The molecule has 168 valence electrons. The number of carbonyl (C=O) groups excluding carboxylic acids is 1. The number of aryl methyl sites for hydroxylation is 2. The van der Waals surface area contributed by atoms with E-state index < -0.39 is 0 Å². The highest BCUT2D eigenvalue weighted by Crippen LogP contribution is 2.35. The first kappa shape index (κ1) is 22.1. The zero-order valence-electron chi connectivity index (χ0n) is 17.7. The molecule has 9 heteroatoms. The monoisotopic (exact) mass is 496 g/mol. The second-order valence-corrected chi connectivity index (χ2v) is 10.3.